The predicted octanol–water partition coefficient (Wildman–Crippen LogP) is 3.48. The van der Waals surface area contributed by atoms with Crippen LogP contribution in [0.15, 0.2) is 0 Å². The van der Waals surface area contributed by atoms with Crippen molar-refractivity contribution in [1.82, 2.24) is 0 Å². The highest BCUT2D eigenvalue weighted by molar-refractivity contribution is 4.80. The van der Waals surface area contributed by atoms with Gasteiger partial charge in [0.2, 0.25) is 0 Å². The molecule has 0 aromatic carbocycles. The summed E-state index contributed by atoms with van der Waals surface area (Å²) in [5.41, 5.74) is 12.5. The van der Waals surface area contributed by atoms with Crippen LogP contribution in [-0.4, -0.2) is 38.2 Å². The van der Waals surface area contributed by atoms with Gasteiger partial charge in [0.05, 0.1) is 26.4 Å². The Hall–Kier alpha value is -0.240. The highest BCUT2D eigenvalue weighted by Crippen LogP contribution is 2.27. The number of hydrogen-bond acceptors (Lipinski definition) is 6. The van der Waals surface area contributed by atoms with Gasteiger partial charge in [-0.25, -0.2) is 0 Å². The highest BCUT2D eigenvalue weighted by Gasteiger charge is 2.52. The van der Waals surface area contributed by atoms with E-state index in [4.69, 9.17) is 30.4 Å². The molecule has 0 aliphatic rings. The van der Waals surface area contributed by atoms with Crippen molar-refractivity contribution >= 4 is 0 Å². The molecule has 146 valence electrons. The zero-order chi connectivity index (χ0) is 18.3. The first-order chi connectivity index (χ1) is 11.5. The number of ether oxygens (including phenoxy) is 4. The van der Waals surface area contributed by atoms with Gasteiger partial charge in [-0.3, -0.25) is 11.5 Å². The first-order valence-electron chi connectivity index (χ1n) is 9.63. The summed E-state index contributed by atoms with van der Waals surface area (Å²) in [6.07, 6.45) is 7.48. The fourth-order valence-corrected chi connectivity index (χ4v) is 1.99. The Balaban J connectivity index is 5.14. The lowest BCUT2D eigenvalue weighted by molar-refractivity contribution is -0.446. The fraction of sp³-hybridized carbons (Fsp3) is 1.00. The monoisotopic (exact) mass is 348 g/mol. The van der Waals surface area contributed by atoms with Gasteiger partial charge >= 0.3 is 5.97 Å². The summed E-state index contributed by atoms with van der Waals surface area (Å²) in [5.74, 6) is -3.22. The summed E-state index contributed by atoms with van der Waals surface area (Å²) < 4.78 is 23.5. The van der Waals surface area contributed by atoms with Gasteiger partial charge in [0.15, 0.2) is 0 Å². The third-order valence-electron chi connectivity index (χ3n) is 3.69. The molecule has 0 rings (SSSR count). The lowest BCUT2D eigenvalue weighted by Crippen LogP contribution is -2.72. The maximum atomic E-state index is 6.26. The van der Waals surface area contributed by atoms with Gasteiger partial charge in [-0.1, -0.05) is 53.4 Å². The lowest BCUT2D eigenvalue weighted by Gasteiger charge is -2.43. The Morgan fingerprint density at radius 2 is 0.833 bits per heavy atom. The van der Waals surface area contributed by atoms with Crippen molar-refractivity contribution in [2.75, 3.05) is 26.4 Å². The van der Waals surface area contributed by atoms with Crippen LogP contribution >= 0.6 is 0 Å². The summed E-state index contributed by atoms with van der Waals surface area (Å²) in [5, 5.41) is 0. The molecule has 0 bridgehead atoms. The molecule has 0 unspecified atom stereocenters. The van der Waals surface area contributed by atoms with Crippen LogP contribution in [-0.2, 0) is 18.9 Å². The lowest BCUT2D eigenvalue weighted by atomic mass is 10.3. The maximum absolute atomic E-state index is 6.26. The van der Waals surface area contributed by atoms with E-state index in [1.807, 2.05) is 0 Å². The second-order valence-corrected chi connectivity index (χ2v) is 6.16. The molecule has 0 aromatic rings. The van der Waals surface area contributed by atoms with E-state index in [1.165, 1.54) is 0 Å². The summed E-state index contributed by atoms with van der Waals surface area (Å²) in [4.78, 5) is 0. The number of rotatable bonds is 17. The van der Waals surface area contributed by atoms with Gasteiger partial charge in [-0.2, -0.15) is 0 Å². The zero-order valence-electron chi connectivity index (χ0n) is 16.3. The molecule has 0 aromatic heterocycles. The molecule has 0 amide bonds. The van der Waals surface area contributed by atoms with Crippen LogP contribution < -0.4 is 11.5 Å². The maximum Gasteiger partial charge on any atom is 0.343 e. The second kappa shape index (κ2) is 14.0. The Labute approximate surface area is 148 Å². The van der Waals surface area contributed by atoms with Crippen LogP contribution in [0.2, 0.25) is 0 Å². The molecule has 4 N–H and O–H groups in total. The molecule has 24 heavy (non-hydrogen) atoms. The van der Waals surface area contributed by atoms with Crippen LogP contribution in [0.1, 0.15) is 79.1 Å². The van der Waals surface area contributed by atoms with Crippen molar-refractivity contribution in [1.29, 1.82) is 0 Å². The SMILES string of the molecule is CCCCOC(N)(N)C(OCCCC)(OCCCC)OCCCC. The Morgan fingerprint density at radius 1 is 0.542 bits per heavy atom. The first-order valence-corrected chi connectivity index (χ1v) is 9.63. The van der Waals surface area contributed by atoms with E-state index < -0.39 is 11.8 Å². The van der Waals surface area contributed by atoms with Crippen LogP contribution in [0, 0.1) is 0 Å². The van der Waals surface area contributed by atoms with E-state index in [2.05, 4.69) is 27.7 Å². The quantitative estimate of drug-likeness (QED) is 0.309. The summed E-state index contributed by atoms with van der Waals surface area (Å²) >= 11 is 0. The fourth-order valence-electron chi connectivity index (χ4n) is 1.99. The smallest absolute Gasteiger partial charge is 0.341 e. The van der Waals surface area contributed by atoms with Gasteiger partial charge in [0.25, 0.3) is 5.85 Å². The standard InChI is InChI=1S/C18H40N2O4/c1-5-9-13-21-17(19,20)18(22-14-10-6-2,23-15-11-7-3)24-16-12-8-4/h5-16,19-20H2,1-4H3. The third kappa shape index (κ3) is 8.74. The van der Waals surface area contributed by atoms with Crippen LogP contribution in [0.5, 0.6) is 0 Å². The van der Waals surface area contributed by atoms with Crippen LogP contribution in [0.3, 0.4) is 0 Å². The average molecular weight is 349 g/mol. The van der Waals surface area contributed by atoms with Crippen molar-refractivity contribution in [2.24, 2.45) is 11.5 Å². The minimum Gasteiger partial charge on any atom is -0.341 e. The van der Waals surface area contributed by atoms with Gasteiger partial charge in [-0.05, 0) is 25.7 Å². The summed E-state index contributed by atoms with van der Waals surface area (Å²) in [7, 11) is 0. The van der Waals surface area contributed by atoms with Crippen molar-refractivity contribution in [2.45, 2.75) is 90.9 Å². The molecule has 0 atom stereocenters. The Morgan fingerprint density at radius 3 is 1.12 bits per heavy atom. The zero-order valence-corrected chi connectivity index (χ0v) is 16.3. The molecule has 6 nitrogen and oxygen atoms in total. The second-order valence-electron chi connectivity index (χ2n) is 6.16. The minimum absolute atomic E-state index is 0.441. The predicted molar refractivity (Wildman–Crippen MR) is 97.3 cm³/mol. The van der Waals surface area contributed by atoms with E-state index in [9.17, 15) is 0 Å². The molecular formula is C18H40N2O4. The number of hydrogen-bond donors (Lipinski definition) is 2. The summed E-state index contributed by atoms with van der Waals surface area (Å²) in [6.45, 7) is 10.2. The van der Waals surface area contributed by atoms with E-state index in [0.717, 1.165) is 51.4 Å². The normalized spacial score (nSPS) is 12.8. The van der Waals surface area contributed by atoms with Gasteiger partial charge in [-0.15, -0.1) is 0 Å². The highest BCUT2D eigenvalue weighted by atomic mass is 16.9. The molecule has 0 aliphatic heterocycles. The van der Waals surface area contributed by atoms with Crippen LogP contribution in [0.4, 0.5) is 0 Å². The van der Waals surface area contributed by atoms with Gasteiger partial charge < -0.3 is 18.9 Å². The molecule has 0 saturated carbocycles. The molecule has 6 heteroatoms. The minimum atomic E-state index is -1.66. The molecule has 0 fully saturated rings. The number of unbranched alkanes of at least 4 members (excludes halogenated alkanes) is 4. The number of nitrogens with two attached hydrogens (primary N) is 2. The Kier molecular flexibility index (Phi) is 13.8. The molecule has 0 saturated heterocycles. The summed E-state index contributed by atoms with van der Waals surface area (Å²) in [6, 6.07) is 0. The van der Waals surface area contributed by atoms with E-state index in [0.29, 0.717) is 26.4 Å². The molecule has 0 spiro atoms. The van der Waals surface area contributed by atoms with Crippen LogP contribution in [0.25, 0.3) is 0 Å². The van der Waals surface area contributed by atoms with Crippen molar-refractivity contribution in [3.63, 3.8) is 0 Å². The van der Waals surface area contributed by atoms with E-state index in [1.54, 1.807) is 0 Å². The van der Waals surface area contributed by atoms with Gasteiger partial charge in [0, 0.05) is 0 Å². The first kappa shape index (κ1) is 23.8. The Bertz CT molecular complexity index is 262. The average Bonchev–Trinajstić information content (AvgIpc) is 2.55. The molecule has 0 heterocycles. The van der Waals surface area contributed by atoms with Crippen molar-refractivity contribution < 1.29 is 18.9 Å². The molecule has 0 radical (unpaired) electrons. The van der Waals surface area contributed by atoms with Gasteiger partial charge in [0.1, 0.15) is 0 Å². The van der Waals surface area contributed by atoms with E-state index in [-0.39, 0.29) is 0 Å². The molecule has 0 aliphatic carbocycles. The largest absolute Gasteiger partial charge is 0.343 e. The third-order valence-corrected chi connectivity index (χ3v) is 3.69. The van der Waals surface area contributed by atoms with E-state index >= 15 is 0 Å². The van der Waals surface area contributed by atoms with Crippen molar-refractivity contribution in [3.8, 4) is 0 Å². The molecular weight excluding hydrogens is 308 g/mol. The topological polar surface area (TPSA) is 89.0 Å². The van der Waals surface area contributed by atoms with Crippen molar-refractivity contribution in [3.05, 3.63) is 0 Å².